The molecule has 0 N–H and O–H groups in total. The monoisotopic (exact) mass is 209 g/mol. The van der Waals surface area contributed by atoms with Crippen LogP contribution in [0.2, 0.25) is 0 Å². The number of hydrogen-bond acceptors (Lipinski definition) is 6. The molecule has 6 nitrogen and oxygen atoms in total. The van der Waals surface area contributed by atoms with E-state index in [0.717, 1.165) is 13.2 Å². The molecule has 0 aliphatic heterocycles. The molecule has 0 saturated carbocycles. The molecule has 2 atom stereocenters. The van der Waals surface area contributed by atoms with Crippen LogP contribution < -0.4 is 4.89 Å². The third kappa shape index (κ3) is 5.54. The maximum Gasteiger partial charge on any atom is 0.332 e. The maximum atomic E-state index is 10.6. The number of hydrogen-bond donors (Lipinski definition) is 0. The van der Waals surface area contributed by atoms with E-state index in [2.05, 4.69) is 20.4 Å². The van der Waals surface area contributed by atoms with Crippen LogP contribution in [-0.4, -0.2) is 19.4 Å². The number of carbonyl (C=O) groups excluding carboxylic acids is 1. The molecule has 0 fully saturated rings. The van der Waals surface area contributed by atoms with Crippen molar-refractivity contribution >= 4 is 13.8 Å². The molecule has 0 saturated heterocycles. The minimum atomic E-state index is -4.36. The van der Waals surface area contributed by atoms with Crippen LogP contribution in [0.15, 0.2) is 12.7 Å². The van der Waals surface area contributed by atoms with Crippen LogP contribution in [-0.2, 0) is 23.1 Å². The van der Waals surface area contributed by atoms with Crippen molar-refractivity contribution in [2.75, 3.05) is 7.11 Å². The van der Waals surface area contributed by atoms with Crippen LogP contribution in [0.5, 0.6) is 0 Å². The third-order valence-corrected chi connectivity index (χ3v) is 1.95. The zero-order valence-electron chi connectivity index (χ0n) is 7.26. The highest BCUT2D eigenvalue weighted by molar-refractivity contribution is 7.45. The van der Waals surface area contributed by atoms with Crippen LogP contribution in [0.3, 0.4) is 0 Å². The summed E-state index contributed by atoms with van der Waals surface area (Å²) in [6, 6.07) is 0. The van der Waals surface area contributed by atoms with Gasteiger partial charge in [-0.25, -0.2) is 4.79 Å². The molecule has 0 aromatic carbocycles. The number of phosphoric acid groups is 1. The van der Waals surface area contributed by atoms with Gasteiger partial charge in [-0.05, 0) is 6.92 Å². The minimum Gasteiger partial charge on any atom is -0.756 e. The Morgan fingerprint density at radius 3 is 2.62 bits per heavy atom. The highest BCUT2D eigenvalue weighted by Crippen LogP contribution is 2.38. The fourth-order valence-electron chi connectivity index (χ4n) is 0.458. The molecule has 0 radical (unpaired) electrons. The van der Waals surface area contributed by atoms with Crippen molar-refractivity contribution in [2.24, 2.45) is 0 Å². The molecule has 76 valence electrons. The van der Waals surface area contributed by atoms with Crippen molar-refractivity contribution in [3.8, 4) is 0 Å². The van der Waals surface area contributed by atoms with Crippen molar-refractivity contribution in [1.29, 1.82) is 0 Å². The first-order valence-corrected chi connectivity index (χ1v) is 4.75. The molecule has 0 amide bonds. The van der Waals surface area contributed by atoms with Crippen molar-refractivity contribution in [3.05, 3.63) is 12.7 Å². The lowest BCUT2D eigenvalue weighted by molar-refractivity contribution is -0.238. The average Bonchev–Trinajstić information content (AvgIpc) is 2.03. The molecule has 2 unspecified atom stereocenters. The molecule has 0 heterocycles. The summed E-state index contributed by atoms with van der Waals surface area (Å²) in [6.45, 7) is 4.36. The molecule has 0 spiro atoms. The second-order valence-electron chi connectivity index (χ2n) is 1.94. The van der Waals surface area contributed by atoms with Gasteiger partial charge < -0.3 is 14.2 Å². The van der Waals surface area contributed by atoms with Gasteiger partial charge in [-0.1, -0.05) is 6.58 Å². The van der Waals surface area contributed by atoms with E-state index in [1.54, 1.807) is 0 Å². The van der Waals surface area contributed by atoms with E-state index >= 15 is 0 Å². The summed E-state index contributed by atoms with van der Waals surface area (Å²) < 4.78 is 23.3. The normalized spacial score (nSPS) is 17.2. The van der Waals surface area contributed by atoms with Gasteiger partial charge in [0.15, 0.2) is 0 Å². The second kappa shape index (κ2) is 5.14. The molecule has 13 heavy (non-hydrogen) atoms. The Morgan fingerprint density at radius 2 is 2.23 bits per heavy atom. The molecular formula is C6H10O6P-. The van der Waals surface area contributed by atoms with E-state index in [1.807, 2.05) is 0 Å². The molecule has 0 rings (SSSR count). The number of ether oxygens (including phenoxy) is 1. The summed E-state index contributed by atoms with van der Waals surface area (Å²) in [5, 5.41) is 0. The third-order valence-electron chi connectivity index (χ3n) is 0.950. The molecule has 0 aromatic rings. The van der Waals surface area contributed by atoms with Gasteiger partial charge in [0.25, 0.3) is 7.82 Å². The van der Waals surface area contributed by atoms with E-state index in [0.29, 0.717) is 0 Å². The smallest absolute Gasteiger partial charge is 0.332 e. The lowest BCUT2D eigenvalue weighted by Crippen LogP contribution is -2.19. The average molecular weight is 209 g/mol. The van der Waals surface area contributed by atoms with Crippen LogP contribution in [0, 0.1) is 0 Å². The molecule has 0 aliphatic rings. The largest absolute Gasteiger partial charge is 0.756 e. The maximum absolute atomic E-state index is 10.6. The number of esters is 1. The number of phosphoric ester groups is 1. The van der Waals surface area contributed by atoms with Gasteiger partial charge in [-0.2, -0.15) is 0 Å². The fraction of sp³-hybridized carbons (Fsp3) is 0.500. The summed E-state index contributed by atoms with van der Waals surface area (Å²) in [5.41, 5.74) is 0. The van der Waals surface area contributed by atoms with Crippen molar-refractivity contribution in [1.82, 2.24) is 0 Å². The molecule has 7 heteroatoms. The van der Waals surface area contributed by atoms with E-state index in [1.165, 1.54) is 6.92 Å². The summed E-state index contributed by atoms with van der Waals surface area (Å²) in [7, 11) is -3.42. The Labute approximate surface area is 75.7 Å². The van der Waals surface area contributed by atoms with Gasteiger partial charge in [0, 0.05) is 13.2 Å². The summed E-state index contributed by atoms with van der Waals surface area (Å²) in [6.07, 6.45) is -0.337. The minimum absolute atomic E-state index is 0.774. The predicted molar refractivity (Wildman–Crippen MR) is 41.5 cm³/mol. The van der Waals surface area contributed by atoms with E-state index in [4.69, 9.17) is 0 Å². The molecule has 0 aromatic heterocycles. The fourth-order valence-corrected chi connectivity index (χ4v) is 0.951. The Kier molecular flexibility index (Phi) is 4.87. The van der Waals surface area contributed by atoms with Gasteiger partial charge in [-0.3, -0.25) is 9.09 Å². The van der Waals surface area contributed by atoms with Crippen molar-refractivity contribution < 1.29 is 28.0 Å². The topological polar surface area (TPSA) is 84.9 Å². The first-order chi connectivity index (χ1) is 5.91. The lowest BCUT2D eigenvalue weighted by Gasteiger charge is -2.23. The zero-order chi connectivity index (χ0) is 10.5. The highest BCUT2D eigenvalue weighted by Gasteiger charge is 2.14. The molecule has 0 aliphatic carbocycles. The summed E-state index contributed by atoms with van der Waals surface area (Å²) >= 11 is 0. The van der Waals surface area contributed by atoms with Gasteiger partial charge in [0.2, 0.25) is 6.29 Å². The predicted octanol–water partition coefficient (Wildman–Crippen LogP) is 0.193. The van der Waals surface area contributed by atoms with Crippen molar-refractivity contribution in [2.45, 2.75) is 13.2 Å². The van der Waals surface area contributed by atoms with Crippen LogP contribution in [0.1, 0.15) is 6.92 Å². The summed E-state index contributed by atoms with van der Waals surface area (Å²) in [5.74, 6) is -0.774. The molecular weight excluding hydrogens is 199 g/mol. The molecule has 0 bridgehead atoms. The highest BCUT2D eigenvalue weighted by atomic mass is 31.2. The SMILES string of the molecule is C=CC(=O)OC(C)OP(=O)([O-])OC. The standard InChI is InChI=1S/C6H11O6P/c1-4-6(7)11-5(2)12-13(8,9)10-3/h4-5H,1H2,2-3H3,(H,8,9)/p-1. The summed E-state index contributed by atoms with van der Waals surface area (Å²) in [4.78, 5) is 21.2. The Balaban J connectivity index is 4.01. The zero-order valence-corrected chi connectivity index (χ0v) is 8.15. The first-order valence-electron chi connectivity index (χ1n) is 3.29. The van der Waals surface area contributed by atoms with Gasteiger partial charge in [-0.15, -0.1) is 0 Å². The van der Waals surface area contributed by atoms with Crippen LogP contribution in [0.4, 0.5) is 0 Å². The number of rotatable bonds is 5. The quantitative estimate of drug-likeness (QED) is 0.278. The number of carbonyl (C=O) groups is 1. The lowest BCUT2D eigenvalue weighted by atomic mass is 10.6. The Bertz CT molecular complexity index is 237. The van der Waals surface area contributed by atoms with Gasteiger partial charge in [0.05, 0.1) is 0 Å². The van der Waals surface area contributed by atoms with Crippen LogP contribution in [0.25, 0.3) is 0 Å². The second-order valence-corrected chi connectivity index (χ2v) is 3.41. The van der Waals surface area contributed by atoms with Gasteiger partial charge in [0.1, 0.15) is 0 Å². The van der Waals surface area contributed by atoms with E-state index < -0.39 is 20.1 Å². The van der Waals surface area contributed by atoms with E-state index in [9.17, 15) is 14.3 Å². The van der Waals surface area contributed by atoms with Crippen molar-refractivity contribution in [3.63, 3.8) is 0 Å². The van der Waals surface area contributed by atoms with Gasteiger partial charge >= 0.3 is 5.97 Å². The Morgan fingerprint density at radius 1 is 1.69 bits per heavy atom. The Hall–Kier alpha value is -0.680. The van der Waals surface area contributed by atoms with Crippen LogP contribution >= 0.6 is 7.82 Å². The first kappa shape index (κ1) is 12.3. The van der Waals surface area contributed by atoms with E-state index in [-0.39, 0.29) is 0 Å².